The summed E-state index contributed by atoms with van der Waals surface area (Å²) >= 11 is 0. The fraction of sp³-hybridized carbons (Fsp3) is 0.188. The van der Waals surface area contributed by atoms with Crippen LogP contribution in [0, 0.1) is 5.82 Å². The Morgan fingerprint density at radius 3 is 2.49 bits per heavy atom. The highest BCUT2D eigenvalue weighted by molar-refractivity contribution is 5.80. The molecule has 0 saturated carbocycles. The van der Waals surface area contributed by atoms with Crippen LogP contribution in [0.5, 0.6) is 0 Å². The van der Waals surface area contributed by atoms with Gasteiger partial charge in [-0.05, 0) is 81.4 Å². The highest BCUT2D eigenvalue weighted by atomic mass is 19.1. The Morgan fingerprint density at radius 2 is 1.73 bits per heavy atom. The van der Waals surface area contributed by atoms with Gasteiger partial charge in [0, 0.05) is 17.6 Å². The lowest BCUT2D eigenvalue weighted by Gasteiger charge is -2.30. The average molecular weight is 549 g/mol. The summed E-state index contributed by atoms with van der Waals surface area (Å²) in [4.78, 5) is 19.0. The van der Waals surface area contributed by atoms with Gasteiger partial charge in [-0.1, -0.05) is 55.5 Å². The summed E-state index contributed by atoms with van der Waals surface area (Å²) in [6.45, 7) is 3.32. The predicted octanol–water partition coefficient (Wildman–Crippen LogP) is 5.65. The molecule has 9 heteroatoms. The van der Waals surface area contributed by atoms with Gasteiger partial charge in [0.15, 0.2) is 5.82 Å². The molecule has 0 fully saturated rings. The van der Waals surface area contributed by atoms with Gasteiger partial charge < -0.3 is 9.40 Å². The maximum Gasteiger partial charge on any atom is 0.253 e. The van der Waals surface area contributed by atoms with Gasteiger partial charge in [-0.3, -0.25) is 9.69 Å². The summed E-state index contributed by atoms with van der Waals surface area (Å²) in [6.07, 6.45) is 2.51. The number of aromatic amines is 1. The molecule has 0 aliphatic rings. The van der Waals surface area contributed by atoms with Crippen molar-refractivity contribution < 1.29 is 8.81 Å². The van der Waals surface area contributed by atoms with Crippen LogP contribution in [0.3, 0.4) is 0 Å². The van der Waals surface area contributed by atoms with E-state index in [1.165, 1.54) is 17.7 Å². The molecule has 41 heavy (non-hydrogen) atoms. The number of halogens is 1. The molecule has 3 aromatic carbocycles. The first-order valence-corrected chi connectivity index (χ1v) is 13.5. The Bertz CT molecular complexity index is 1800. The van der Waals surface area contributed by atoms with E-state index >= 15 is 0 Å². The maximum absolute atomic E-state index is 13.8. The molecule has 3 heterocycles. The Morgan fingerprint density at radius 1 is 0.927 bits per heavy atom. The molecule has 0 bridgehead atoms. The second-order valence-electron chi connectivity index (χ2n) is 10.0. The normalized spacial score (nSPS) is 12.3. The number of nitrogens with one attached hydrogen (secondary N) is 1. The zero-order valence-electron chi connectivity index (χ0n) is 22.6. The Kier molecular flexibility index (Phi) is 7.51. The van der Waals surface area contributed by atoms with Crippen LogP contribution in [0.25, 0.3) is 10.9 Å². The van der Waals surface area contributed by atoms with Crippen molar-refractivity contribution in [2.45, 2.75) is 39.0 Å². The standard InChI is InChI=1S/C32H29FN6O2/c1-2-22-12-15-29-25(17-22)18-28(32(40)34-29)30(31-35-36-37-39(31)20-24-10-13-26(33)14-11-24)38(21-27-9-6-16-41-27)19-23-7-4-3-5-8-23/h3-18,30H,2,19-21H2,1H3,(H,34,40). The van der Waals surface area contributed by atoms with E-state index < -0.39 is 6.04 Å². The van der Waals surface area contributed by atoms with Gasteiger partial charge in [0.2, 0.25) is 0 Å². The van der Waals surface area contributed by atoms with Gasteiger partial charge in [0.05, 0.1) is 19.4 Å². The van der Waals surface area contributed by atoms with Crippen molar-refractivity contribution in [3.63, 3.8) is 0 Å². The number of hydrogen-bond acceptors (Lipinski definition) is 6. The topological polar surface area (TPSA) is 92.8 Å². The zero-order chi connectivity index (χ0) is 28.2. The van der Waals surface area contributed by atoms with Crippen molar-refractivity contribution >= 4 is 10.9 Å². The molecular formula is C32H29FN6O2. The SMILES string of the molecule is CCc1ccc2[nH]c(=O)c(C(c3nnnn3Cc3ccc(F)cc3)N(Cc3ccccc3)Cc3ccco3)cc2c1. The van der Waals surface area contributed by atoms with Crippen LogP contribution in [0.4, 0.5) is 4.39 Å². The number of furan rings is 1. The summed E-state index contributed by atoms with van der Waals surface area (Å²) in [5.74, 6) is 0.924. The number of nitrogens with zero attached hydrogens (tertiary/aromatic N) is 5. The second-order valence-corrected chi connectivity index (χ2v) is 10.0. The van der Waals surface area contributed by atoms with Gasteiger partial charge in [-0.15, -0.1) is 5.10 Å². The minimum atomic E-state index is -0.630. The van der Waals surface area contributed by atoms with Crippen LogP contribution in [-0.4, -0.2) is 30.1 Å². The van der Waals surface area contributed by atoms with Crippen molar-refractivity contribution in [3.05, 3.63) is 147 Å². The summed E-state index contributed by atoms with van der Waals surface area (Å²) in [6, 6.07) is 27.4. The van der Waals surface area contributed by atoms with E-state index in [0.29, 0.717) is 31.0 Å². The largest absolute Gasteiger partial charge is 0.468 e. The minimum Gasteiger partial charge on any atom is -0.468 e. The molecule has 1 unspecified atom stereocenters. The van der Waals surface area contributed by atoms with Crippen LogP contribution in [0.15, 0.2) is 106 Å². The number of aryl methyl sites for hydroxylation is 1. The van der Waals surface area contributed by atoms with Crippen LogP contribution in [0.2, 0.25) is 0 Å². The monoisotopic (exact) mass is 548 g/mol. The summed E-state index contributed by atoms with van der Waals surface area (Å²) in [5.41, 5.74) is 4.13. The Hall–Kier alpha value is -4.89. The molecule has 1 atom stereocenters. The quantitative estimate of drug-likeness (QED) is 0.238. The lowest BCUT2D eigenvalue weighted by atomic mass is 10.0. The second kappa shape index (κ2) is 11.7. The van der Waals surface area contributed by atoms with E-state index in [1.54, 1.807) is 23.1 Å². The molecule has 0 saturated heterocycles. The lowest BCUT2D eigenvalue weighted by Crippen LogP contribution is -2.34. The third-order valence-electron chi connectivity index (χ3n) is 7.22. The summed E-state index contributed by atoms with van der Waals surface area (Å²) < 4.78 is 21.0. The lowest BCUT2D eigenvalue weighted by molar-refractivity contribution is 0.179. The van der Waals surface area contributed by atoms with Crippen LogP contribution in [0.1, 0.15) is 46.8 Å². The van der Waals surface area contributed by atoms with Crippen molar-refractivity contribution in [2.75, 3.05) is 0 Å². The number of H-pyrrole nitrogens is 1. The van der Waals surface area contributed by atoms with Gasteiger partial charge in [0.1, 0.15) is 17.6 Å². The van der Waals surface area contributed by atoms with E-state index in [0.717, 1.165) is 34.2 Å². The smallest absolute Gasteiger partial charge is 0.253 e. The molecular weight excluding hydrogens is 519 g/mol. The molecule has 6 aromatic rings. The summed E-state index contributed by atoms with van der Waals surface area (Å²) in [7, 11) is 0. The van der Waals surface area contributed by atoms with Crippen LogP contribution < -0.4 is 5.56 Å². The molecule has 0 radical (unpaired) electrons. The van der Waals surface area contributed by atoms with E-state index in [4.69, 9.17) is 4.42 Å². The molecule has 1 N–H and O–H groups in total. The highest BCUT2D eigenvalue weighted by Crippen LogP contribution is 2.30. The molecule has 0 spiro atoms. The molecule has 6 rings (SSSR count). The highest BCUT2D eigenvalue weighted by Gasteiger charge is 2.31. The van der Waals surface area contributed by atoms with E-state index in [9.17, 15) is 9.18 Å². The fourth-order valence-electron chi connectivity index (χ4n) is 5.14. The predicted molar refractivity (Wildman–Crippen MR) is 154 cm³/mol. The van der Waals surface area contributed by atoms with Crippen molar-refractivity contribution in [2.24, 2.45) is 0 Å². The van der Waals surface area contributed by atoms with Crippen molar-refractivity contribution in [1.82, 2.24) is 30.1 Å². The van der Waals surface area contributed by atoms with Crippen molar-refractivity contribution in [3.8, 4) is 0 Å². The number of tetrazole rings is 1. The van der Waals surface area contributed by atoms with Gasteiger partial charge in [-0.2, -0.15) is 0 Å². The Labute approximate surface area is 236 Å². The minimum absolute atomic E-state index is 0.222. The first kappa shape index (κ1) is 26.3. The van der Waals surface area contributed by atoms with Gasteiger partial charge in [-0.25, -0.2) is 9.07 Å². The van der Waals surface area contributed by atoms with E-state index in [1.807, 2.05) is 60.7 Å². The van der Waals surface area contributed by atoms with E-state index in [-0.39, 0.29) is 11.4 Å². The van der Waals surface area contributed by atoms with Crippen LogP contribution in [-0.2, 0) is 26.1 Å². The molecule has 0 aliphatic carbocycles. The number of rotatable bonds is 10. The number of aromatic nitrogens is 5. The summed E-state index contributed by atoms with van der Waals surface area (Å²) in [5, 5.41) is 13.7. The number of hydrogen-bond donors (Lipinski definition) is 1. The molecule has 3 aromatic heterocycles. The van der Waals surface area contributed by atoms with Gasteiger partial charge in [0.25, 0.3) is 5.56 Å². The average Bonchev–Trinajstić information content (AvgIpc) is 3.67. The number of pyridine rings is 1. The Balaban J connectivity index is 1.52. The first-order chi connectivity index (χ1) is 20.1. The number of fused-ring (bicyclic) bond motifs is 1. The molecule has 8 nitrogen and oxygen atoms in total. The molecule has 206 valence electrons. The first-order valence-electron chi connectivity index (χ1n) is 13.5. The van der Waals surface area contributed by atoms with E-state index in [2.05, 4.69) is 38.4 Å². The zero-order valence-corrected chi connectivity index (χ0v) is 22.6. The van der Waals surface area contributed by atoms with Crippen LogP contribution >= 0.6 is 0 Å². The third kappa shape index (κ3) is 5.85. The number of benzene rings is 3. The maximum atomic E-state index is 13.8. The van der Waals surface area contributed by atoms with Gasteiger partial charge >= 0.3 is 0 Å². The molecule has 0 aliphatic heterocycles. The third-order valence-corrected chi connectivity index (χ3v) is 7.22. The fourth-order valence-corrected chi connectivity index (χ4v) is 5.14. The van der Waals surface area contributed by atoms with Crippen molar-refractivity contribution in [1.29, 1.82) is 0 Å². The molecule has 0 amide bonds.